The summed E-state index contributed by atoms with van der Waals surface area (Å²) in [5.41, 5.74) is -2.77. The number of likely N-dealkylation sites (tertiary alicyclic amines) is 1. The van der Waals surface area contributed by atoms with E-state index < -0.39 is 53.0 Å². The molecule has 2 aliphatic rings. The predicted octanol–water partition coefficient (Wildman–Crippen LogP) is 6.04. The predicted molar refractivity (Wildman–Crippen MR) is 142 cm³/mol. The molecule has 0 bridgehead atoms. The molecule has 2 aliphatic heterocycles. The van der Waals surface area contributed by atoms with Gasteiger partial charge in [-0.25, -0.2) is 13.6 Å². The van der Waals surface area contributed by atoms with Crippen molar-refractivity contribution < 1.29 is 54.2 Å². The lowest BCUT2D eigenvalue weighted by molar-refractivity contribution is -0.140. The van der Waals surface area contributed by atoms with Crippen molar-refractivity contribution in [2.75, 3.05) is 43.9 Å². The molecule has 0 spiro atoms. The number of hydrogen-bond donors (Lipinski definition) is 3. The molecule has 0 saturated carbocycles. The van der Waals surface area contributed by atoms with E-state index in [1.807, 2.05) is 0 Å². The first-order chi connectivity index (χ1) is 20.6. The third-order valence-electron chi connectivity index (χ3n) is 6.98. The van der Waals surface area contributed by atoms with Crippen molar-refractivity contribution in [1.82, 2.24) is 10.2 Å². The first-order valence-corrected chi connectivity index (χ1v) is 13.5. The molecule has 2 aromatic rings. The highest BCUT2D eigenvalue weighted by molar-refractivity contribution is 5.93. The van der Waals surface area contributed by atoms with Crippen molar-refractivity contribution >= 4 is 29.3 Å². The molecule has 2 saturated heterocycles. The molecule has 0 unspecified atom stereocenters. The van der Waals surface area contributed by atoms with Crippen molar-refractivity contribution in [3.05, 3.63) is 59.2 Å². The third-order valence-corrected chi connectivity index (χ3v) is 6.98. The number of piperidine rings is 2. The molecular formula is C28H30F8N4O4. The molecule has 242 valence electrons. The van der Waals surface area contributed by atoms with Gasteiger partial charge in [0.2, 0.25) is 11.8 Å². The number of rotatable bonds is 4. The van der Waals surface area contributed by atoms with E-state index in [-0.39, 0.29) is 29.7 Å². The van der Waals surface area contributed by atoms with Crippen molar-refractivity contribution in [3.8, 4) is 0 Å². The van der Waals surface area contributed by atoms with Crippen LogP contribution in [0, 0.1) is 23.5 Å². The topological polar surface area (TPSA) is 99.8 Å². The standard InChI is InChI=1S/C15H16F4N2O3.C13H14F4N2O/c1-24-14(23)21-6-2-3-9(8-21)13(22)20-10-4-5-11(12(16)7-10)15(17,18)19;14-11-6-9(3-4-10(11)13(15,16)17)19-12(20)8-2-1-5-18-7-8/h4-5,7,9H,2-3,6,8H2,1H3,(H,20,22);3-4,6,8,18H,1-2,5,7H2,(H,19,20)/t9-;8-/m00/s1. The lowest BCUT2D eigenvalue weighted by atomic mass is 9.97. The summed E-state index contributed by atoms with van der Waals surface area (Å²) in [4.78, 5) is 36.9. The minimum Gasteiger partial charge on any atom is -0.453 e. The Labute approximate surface area is 247 Å². The van der Waals surface area contributed by atoms with E-state index in [2.05, 4.69) is 20.7 Å². The maximum Gasteiger partial charge on any atom is 0.419 e. The van der Waals surface area contributed by atoms with Crippen molar-refractivity contribution in [1.29, 1.82) is 0 Å². The van der Waals surface area contributed by atoms with E-state index in [1.54, 1.807) is 0 Å². The number of amides is 3. The Morgan fingerprint density at radius 3 is 1.75 bits per heavy atom. The number of benzene rings is 2. The van der Waals surface area contributed by atoms with Gasteiger partial charge in [0.05, 0.1) is 30.1 Å². The smallest absolute Gasteiger partial charge is 0.419 e. The zero-order valence-corrected chi connectivity index (χ0v) is 23.4. The van der Waals surface area contributed by atoms with E-state index in [9.17, 15) is 49.5 Å². The highest BCUT2D eigenvalue weighted by Gasteiger charge is 2.35. The van der Waals surface area contributed by atoms with Gasteiger partial charge >= 0.3 is 18.4 Å². The number of carbonyl (C=O) groups excluding carboxylic acids is 3. The summed E-state index contributed by atoms with van der Waals surface area (Å²) < 4.78 is 106. The van der Waals surface area contributed by atoms with Crippen LogP contribution in [0.4, 0.5) is 51.3 Å². The number of hydrogen-bond acceptors (Lipinski definition) is 5. The SMILES string of the molecule is COC(=O)N1CCC[C@H](C(=O)Nc2ccc(C(F)(F)F)c(F)c2)C1.O=C(Nc1ccc(C(F)(F)F)c(F)c1)[C@H]1CCCNC1. The Bertz CT molecular complexity index is 1330. The van der Waals surface area contributed by atoms with Crippen molar-refractivity contribution in [2.24, 2.45) is 11.8 Å². The number of nitrogens with one attached hydrogen (secondary N) is 3. The van der Waals surface area contributed by atoms with Crippen LogP contribution in [0.3, 0.4) is 0 Å². The van der Waals surface area contributed by atoms with Gasteiger partial charge < -0.3 is 25.6 Å². The second-order valence-corrected chi connectivity index (χ2v) is 10.2. The molecule has 3 N–H and O–H groups in total. The van der Waals surface area contributed by atoms with E-state index >= 15 is 0 Å². The van der Waals surface area contributed by atoms with E-state index in [1.165, 1.54) is 12.0 Å². The van der Waals surface area contributed by atoms with E-state index in [4.69, 9.17) is 0 Å². The summed E-state index contributed by atoms with van der Waals surface area (Å²) in [5.74, 6) is -4.42. The Morgan fingerprint density at radius 2 is 1.32 bits per heavy atom. The van der Waals surface area contributed by atoms with Crippen LogP contribution in [0.1, 0.15) is 36.8 Å². The van der Waals surface area contributed by atoms with Gasteiger partial charge in [-0.05, 0) is 68.6 Å². The lowest BCUT2D eigenvalue weighted by Gasteiger charge is -2.30. The Balaban J connectivity index is 0.000000244. The van der Waals surface area contributed by atoms with Crippen LogP contribution < -0.4 is 16.0 Å². The van der Waals surface area contributed by atoms with Crippen LogP contribution in [0.15, 0.2) is 36.4 Å². The van der Waals surface area contributed by atoms with Gasteiger partial charge in [0.25, 0.3) is 0 Å². The molecule has 2 heterocycles. The third kappa shape index (κ3) is 9.53. The molecule has 16 heteroatoms. The van der Waals surface area contributed by atoms with Crippen molar-refractivity contribution in [2.45, 2.75) is 38.0 Å². The average Bonchev–Trinajstić information content (AvgIpc) is 2.96. The molecule has 0 aliphatic carbocycles. The second-order valence-electron chi connectivity index (χ2n) is 10.2. The second kappa shape index (κ2) is 14.7. The van der Waals surface area contributed by atoms with Gasteiger partial charge in [-0.1, -0.05) is 0 Å². The Kier molecular flexibility index (Phi) is 11.5. The number of anilines is 2. The molecule has 44 heavy (non-hydrogen) atoms. The monoisotopic (exact) mass is 638 g/mol. The molecule has 2 aromatic carbocycles. The summed E-state index contributed by atoms with van der Waals surface area (Å²) in [6.07, 6.45) is -7.40. The number of ether oxygens (including phenoxy) is 1. The van der Waals surface area contributed by atoms with Gasteiger partial charge in [0.1, 0.15) is 11.6 Å². The average molecular weight is 639 g/mol. The van der Waals surface area contributed by atoms with Crippen molar-refractivity contribution in [3.63, 3.8) is 0 Å². The van der Waals surface area contributed by atoms with Gasteiger partial charge in [-0.3, -0.25) is 9.59 Å². The normalized spacial score (nSPS) is 18.9. The first-order valence-electron chi connectivity index (χ1n) is 13.5. The molecule has 0 aromatic heterocycles. The maximum absolute atomic E-state index is 13.5. The quantitative estimate of drug-likeness (QED) is 0.355. The lowest BCUT2D eigenvalue weighted by Crippen LogP contribution is -2.43. The summed E-state index contributed by atoms with van der Waals surface area (Å²) in [5, 5.41) is 7.89. The molecule has 0 radical (unpaired) electrons. The molecule has 3 amide bonds. The van der Waals surface area contributed by atoms with Crippen LogP contribution in [-0.2, 0) is 26.7 Å². The van der Waals surface area contributed by atoms with Gasteiger partial charge in [-0.2, -0.15) is 26.3 Å². The molecule has 4 rings (SSSR count). The summed E-state index contributed by atoms with van der Waals surface area (Å²) in [6.45, 7) is 1.97. The minimum absolute atomic E-state index is 0.0334. The number of halogens is 8. The van der Waals surface area contributed by atoms with Crippen LogP contribution >= 0.6 is 0 Å². The van der Waals surface area contributed by atoms with Crippen LogP contribution in [0.25, 0.3) is 0 Å². The number of nitrogens with zero attached hydrogens (tertiary/aromatic N) is 1. The largest absolute Gasteiger partial charge is 0.453 e. The summed E-state index contributed by atoms with van der Waals surface area (Å²) >= 11 is 0. The fourth-order valence-electron chi connectivity index (χ4n) is 4.70. The van der Waals surface area contributed by atoms with E-state index in [0.29, 0.717) is 56.6 Å². The fourth-order valence-corrected chi connectivity index (χ4v) is 4.70. The Hall–Kier alpha value is -3.95. The fraction of sp³-hybridized carbons (Fsp3) is 0.464. The number of carbonyl (C=O) groups is 3. The summed E-state index contributed by atoms with van der Waals surface area (Å²) in [6, 6.07) is 4.57. The number of methoxy groups -OCH3 is 1. The maximum atomic E-state index is 13.5. The van der Waals surface area contributed by atoms with Crippen LogP contribution in [0.2, 0.25) is 0 Å². The molecule has 2 fully saturated rings. The molecule has 2 atom stereocenters. The van der Waals surface area contributed by atoms with Gasteiger partial charge in [-0.15, -0.1) is 0 Å². The minimum atomic E-state index is -4.79. The zero-order chi connectivity index (χ0) is 32.7. The van der Waals surface area contributed by atoms with Crippen LogP contribution in [0.5, 0.6) is 0 Å². The Morgan fingerprint density at radius 1 is 0.818 bits per heavy atom. The highest BCUT2D eigenvalue weighted by atomic mass is 19.4. The van der Waals surface area contributed by atoms with E-state index in [0.717, 1.165) is 25.1 Å². The number of alkyl halides is 6. The van der Waals surface area contributed by atoms with Gasteiger partial charge in [0, 0.05) is 31.0 Å². The first kappa shape index (κ1) is 34.5. The molecule has 8 nitrogen and oxygen atoms in total. The summed E-state index contributed by atoms with van der Waals surface area (Å²) in [7, 11) is 1.23. The van der Waals surface area contributed by atoms with Crippen LogP contribution in [-0.4, -0.2) is 56.1 Å². The molecular weight excluding hydrogens is 608 g/mol. The highest BCUT2D eigenvalue weighted by Crippen LogP contribution is 2.33. The zero-order valence-electron chi connectivity index (χ0n) is 23.4. The van der Waals surface area contributed by atoms with Gasteiger partial charge in [0.15, 0.2) is 0 Å².